The third-order valence-electron chi connectivity index (χ3n) is 7.30. The van der Waals surface area contributed by atoms with Crippen LogP contribution in [0.1, 0.15) is 63.5 Å². The summed E-state index contributed by atoms with van der Waals surface area (Å²) in [7, 11) is 0. The number of hydrogen-bond donors (Lipinski definition) is 2. The molecule has 2 aliphatic carbocycles. The molecule has 1 aliphatic heterocycles. The first-order chi connectivity index (χ1) is 15.6. The minimum atomic E-state index is -5.08. The van der Waals surface area contributed by atoms with Gasteiger partial charge in [-0.2, -0.15) is 13.2 Å². The number of hydrogen-bond acceptors (Lipinski definition) is 5. The van der Waals surface area contributed by atoms with E-state index in [1.807, 2.05) is 19.9 Å². The SMILES string of the molecule is CCC(C)C(=O)OCOc1ccc2c(c1)[C@@]13CCCC[C@@H]1[C@H](C2)NCC3.O=C(O)C(F)(F)F. The Labute approximate surface area is 191 Å². The normalized spacial score (nSPS) is 26.6. The average Bonchev–Trinajstić information content (AvgIpc) is 2.78. The van der Waals surface area contributed by atoms with E-state index in [4.69, 9.17) is 19.4 Å². The van der Waals surface area contributed by atoms with Crippen molar-refractivity contribution in [3.63, 3.8) is 0 Å². The molecule has 6 nitrogen and oxygen atoms in total. The van der Waals surface area contributed by atoms with Crippen molar-refractivity contribution in [3.05, 3.63) is 29.3 Å². The number of alkyl halides is 3. The highest BCUT2D eigenvalue weighted by atomic mass is 19.4. The Bertz CT molecular complexity index is 855. The van der Waals surface area contributed by atoms with Crippen LogP contribution in [0.3, 0.4) is 0 Å². The summed E-state index contributed by atoms with van der Waals surface area (Å²) in [4.78, 5) is 20.7. The van der Waals surface area contributed by atoms with E-state index in [9.17, 15) is 18.0 Å². The Morgan fingerprint density at radius 2 is 2.00 bits per heavy atom. The van der Waals surface area contributed by atoms with Crippen LogP contribution < -0.4 is 10.1 Å². The first-order valence-electron chi connectivity index (χ1n) is 11.5. The van der Waals surface area contributed by atoms with Crippen molar-refractivity contribution in [2.45, 2.75) is 76.4 Å². The summed E-state index contributed by atoms with van der Waals surface area (Å²) in [6.45, 7) is 5.00. The van der Waals surface area contributed by atoms with Crippen molar-refractivity contribution < 1.29 is 37.3 Å². The van der Waals surface area contributed by atoms with E-state index >= 15 is 0 Å². The fraction of sp³-hybridized carbons (Fsp3) is 0.667. The summed E-state index contributed by atoms with van der Waals surface area (Å²) >= 11 is 0. The molecule has 4 atom stereocenters. The van der Waals surface area contributed by atoms with Gasteiger partial charge in [-0.05, 0) is 67.8 Å². The van der Waals surface area contributed by atoms with Gasteiger partial charge in [-0.25, -0.2) is 4.79 Å². The number of carbonyl (C=O) groups is 2. The predicted octanol–water partition coefficient (Wildman–Crippen LogP) is 4.59. The highest BCUT2D eigenvalue weighted by molar-refractivity contribution is 5.73. The van der Waals surface area contributed by atoms with Crippen LogP contribution in [0.25, 0.3) is 0 Å². The van der Waals surface area contributed by atoms with E-state index in [1.54, 1.807) is 0 Å². The number of carbonyl (C=O) groups excluding carboxylic acids is 1. The van der Waals surface area contributed by atoms with Crippen LogP contribution >= 0.6 is 0 Å². The van der Waals surface area contributed by atoms with Gasteiger partial charge in [0.2, 0.25) is 6.79 Å². The van der Waals surface area contributed by atoms with Crippen molar-refractivity contribution in [2.75, 3.05) is 13.3 Å². The monoisotopic (exact) mass is 471 g/mol. The van der Waals surface area contributed by atoms with Gasteiger partial charge in [0.05, 0.1) is 5.92 Å². The minimum absolute atomic E-state index is 0.00255. The molecule has 1 aromatic rings. The first-order valence-corrected chi connectivity index (χ1v) is 11.5. The van der Waals surface area contributed by atoms with Crippen LogP contribution in [0.2, 0.25) is 0 Å². The summed E-state index contributed by atoms with van der Waals surface area (Å²) < 4.78 is 42.8. The fourth-order valence-corrected chi connectivity index (χ4v) is 5.46. The number of halogens is 3. The van der Waals surface area contributed by atoms with Crippen molar-refractivity contribution in [2.24, 2.45) is 11.8 Å². The third-order valence-corrected chi connectivity index (χ3v) is 7.30. The van der Waals surface area contributed by atoms with Crippen LogP contribution in [0, 0.1) is 11.8 Å². The van der Waals surface area contributed by atoms with Crippen molar-refractivity contribution >= 4 is 11.9 Å². The zero-order valence-corrected chi connectivity index (χ0v) is 19.0. The molecule has 2 bridgehead atoms. The number of benzene rings is 1. The summed E-state index contributed by atoms with van der Waals surface area (Å²) in [5.74, 6) is -1.42. The lowest BCUT2D eigenvalue weighted by atomic mass is 9.53. The van der Waals surface area contributed by atoms with E-state index < -0.39 is 12.1 Å². The Kier molecular flexibility index (Phi) is 7.92. The molecule has 1 aromatic carbocycles. The molecular weight excluding hydrogens is 439 g/mol. The maximum atomic E-state index is 11.8. The molecule has 0 radical (unpaired) electrons. The number of fused-ring (bicyclic) bond motifs is 1. The number of carboxylic acid groups (broad SMARTS) is 1. The Morgan fingerprint density at radius 3 is 2.67 bits per heavy atom. The van der Waals surface area contributed by atoms with Gasteiger partial charge >= 0.3 is 18.1 Å². The number of piperidine rings is 1. The largest absolute Gasteiger partial charge is 0.490 e. The zero-order chi connectivity index (χ0) is 24.2. The lowest BCUT2D eigenvalue weighted by molar-refractivity contribution is -0.192. The molecule has 3 aliphatic rings. The molecule has 0 aromatic heterocycles. The van der Waals surface area contributed by atoms with Crippen LogP contribution in [0.5, 0.6) is 5.75 Å². The first kappa shape index (κ1) is 25.3. The van der Waals surface area contributed by atoms with E-state index in [1.165, 1.54) is 43.2 Å². The fourth-order valence-electron chi connectivity index (χ4n) is 5.46. The molecule has 0 amide bonds. The molecule has 1 heterocycles. The minimum Gasteiger partial charge on any atom is -0.475 e. The van der Waals surface area contributed by atoms with Gasteiger partial charge in [0, 0.05) is 11.5 Å². The Balaban J connectivity index is 0.000000383. The molecule has 2 fully saturated rings. The molecular formula is C24H32F3NO5. The van der Waals surface area contributed by atoms with Gasteiger partial charge in [-0.15, -0.1) is 0 Å². The van der Waals surface area contributed by atoms with Crippen molar-refractivity contribution in [1.29, 1.82) is 0 Å². The maximum absolute atomic E-state index is 11.8. The predicted molar refractivity (Wildman–Crippen MR) is 115 cm³/mol. The van der Waals surface area contributed by atoms with Gasteiger partial charge < -0.3 is 19.9 Å². The number of aliphatic carboxylic acids is 1. The molecule has 1 unspecified atom stereocenters. The Morgan fingerprint density at radius 1 is 1.27 bits per heavy atom. The maximum Gasteiger partial charge on any atom is 0.490 e. The molecule has 184 valence electrons. The van der Waals surface area contributed by atoms with E-state index in [-0.39, 0.29) is 18.7 Å². The summed E-state index contributed by atoms with van der Waals surface area (Å²) in [5.41, 5.74) is 3.31. The molecule has 2 N–H and O–H groups in total. The Hall–Kier alpha value is -2.29. The summed E-state index contributed by atoms with van der Waals surface area (Å²) in [5, 5.41) is 10.9. The van der Waals surface area contributed by atoms with Crippen molar-refractivity contribution in [3.8, 4) is 5.75 Å². The zero-order valence-electron chi connectivity index (χ0n) is 19.0. The van der Waals surface area contributed by atoms with Gasteiger partial charge in [0.1, 0.15) is 5.75 Å². The van der Waals surface area contributed by atoms with E-state index in [0.717, 1.165) is 31.1 Å². The lowest BCUT2D eigenvalue weighted by Crippen LogP contribution is -2.59. The molecule has 1 saturated heterocycles. The molecule has 0 spiro atoms. The highest BCUT2D eigenvalue weighted by Crippen LogP contribution is 2.54. The average molecular weight is 472 g/mol. The van der Waals surface area contributed by atoms with Gasteiger partial charge in [0.25, 0.3) is 0 Å². The number of nitrogens with one attached hydrogen (secondary N) is 1. The van der Waals surface area contributed by atoms with E-state index in [0.29, 0.717) is 11.5 Å². The van der Waals surface area contributed by atoms with Crippen LogP contribution in [0.4, 0.5) is 13.2 Å². The second-order valence-electron chi connectivity index (χ2n) is 9.18. The quantitative estimate of drug-likeness (QED) is 0.483. The lowest BCUT2D eigenvalue weighted by Gasteiger charge is -2.56. The number of rotatable bonds is 5. The van der Waals surface area contributed by atoms with E-state index in [2.05, 4.69) is 17.4 Å². The smallest absolute Gasteiger partial charge is 0.475 e. The topological polar surface area (TPSA) is 84.9 Å². The molecule has 33 heavy (non-hydrogen) atoms. The van der Waals surface area contributed by atoms with Gasteiger partial charge in [-0.1, -0.05) is 32.8 Å². The van der Waals surface area contributed by atoms with Gasteiger partial charge in [0.15, 0.2) is 0 Å². The standard InChI is InChI=1S/C22H31NO3.C2HF3O2/c1-3-15(2)21(24)26-14-25-17-8-7-16-12-20-18-6-4-5-9-22(18,10-11-23-20)19(16)13-17;3-2(4,5)1(6)7/h7-8,13,15,18,20,23H,3-6,9-12,14H2,1-2H3;(H,6,7)/t15?,18-,20+,22-;/m1./s1. The van der Waals surface area contributed by atoms with Crippen LogP contribution in [-0.4, -0.2) is 42.6 Å². The highest BCUT2D eigenvalue weighted by Gasteiger charge is 2.51. The van der Waals surface area contributed by atoms with Crippen LogP contribution in [-0.2, 0) is 26.2 Å². The van der Waals surface area contributed by atoms with Crippen LogP contribution in [0.15, 0.2) is 18.2 Å². The third kappa shape index (κ3) is 5.62. The van der Waals surface area contributed by atoms with Gasteiger partial charge in [-0.3, -0.25) is 4.79 Å². The van der Waals surface area contributed by atoms with Crippen molar-refractivity contribution in [1.82, 2.24) is 5.32 Å². The number of esters is 1. The summed E-state index contributed by atoms with van der Waals surface area (Å²) in [6.07, 6.45) is 3.40. The second kappa shape index (κ2) is 10.3. The molecule has 1 saturated carbocycles. The number of carboxylic acids is 1. The number of ether oxygens (including phenoxy) is 2. The molecule has 4 rings (SSSR count). The summed E-state index contributed by atoms with van der Waals surface area (Å²) in [6, 6.07) is 7.14. The second-order valence-corrected chi connectivity index (χ2v) is 9.18. The molecule has 9 heteroatoms.